The summed E-state index contributed by atoms with van der Waals surface area (Å²) in [6.07, 6.45) is 4.97. The summed E-state index contributed by atoms with van der Waals surface area (Å²) in [5, 5.41) is 7.73. The largest absolute Gasteiger partial charge is 0.362 e. The van der Waals surface area contributed by atoms with E-state index in [1.807, 2.05) is 18.2 Å². The van der Waals surface area contributed by atoms with Crippen LogP contribution < -0.4 is 10.6 Å². The number of carbonyl (C=O) groups is 1. The zero-order valence-corrected chi connectivity index (χ0v) is 18.6. The number of para-hydroxylation sites is 1. The number of piperazine rings is 1. The number of amides is 1. The van der Waals surface area contributed by atoms with Gasteiger partial charge >= 0.3 is 0 Å². The lowest BCUT2D eigenvalue weighted by Gasteiger charge is -2.36. The first-order valence-electron chi connectivity index (χ1n) is 10.3. The van der Waals surface area contributed by atoms with Crippen LogP contribution in [-0.4, -0.2) is 60.1 Å². The highest BCUT2D eigenvalue weighted by molar-refractivity contribution is 7.80. The molecule has 156 valence electrons. The highest BCUT2D eigenvalue weighted by atomic mass is 35.5. The molecular formula is C21H33ClN4OS. The number of nitrogens with zero attached hydrogens (tertiary/aromatic N) is 2. The number of hydrogen-bond donors (Lipinski definition) is 2. The van der Waals surface area contributed by atoms with Crippen molar-refractivity contribution in [3.05, 3.63) is 29.3 Å². The van der Waals surface area contributed by atoms with Crippen LogP contribution >= 0.6 is 23.8 Å². The number of halogens is 1. The summed E-state index contributed by atoms with van der Waals surface area (Å²) < 4.78 is 0. The van der Waals surface area contributed by atoms with Crippen LogP contribution in [0.1, 0.15) is 39.5 Å². The van der Waals surface area contributed by atoms with Gasteiger partial charge in [0.05, 0.1) is 17.3 Å². The molecule has 0 saturated carbocycles. The van der Waals surface area contributed by atoms with E-state index >= 15 is 0 Å². The van der Waals surface area contributed by atoms with Crippen molar-refractivity contribution >= 4 is 40.5 Å². The highest BCUT2D eigenvalue weighted by Crippen LogP contribution is 2.20. The Balaban J connectivity index is 1.69. The lowest BCUT2D eigenvalue weighted by atomic mass is 9.99. The topological polar surface area (TPSA) is 47.6 Å². The summed E-state index contributed by atoms with van der Waals surface area (Å²) in [6, 6.07) is 7.29. The van der Waals surface area contributed by atoms with Gasteiger partial charge in [0, 0.05) is 32.7 Å². The van der Waals surface area contributed by atoms with Gasteiger partial charge in [0.15, 0.2) is 5.11 Å². The molecule has 1 aromatic carbocycles. The van der Waals surface area contributed by atoms with Gasteiger partial charge in [-0.05, 0) is 36.7 Å². The first-order valence-corrected chi connectivity index (χ1v) is 11.1. The zero-order chi connectivity index (χ0) is 20.4. The molecular weight excluding hydrogens is 392 g/mol. The van der Waals surface area contributed by atoms with E-state index < -0.39 is 0 Å². The molecule has 1 saturated heterocycles. The van der Waals surface area contributed by atoms with E-state index in [0.29, 0.717) is 23.2 Å². The van der Waals surface area contributed by atoms with Crippen LogP contribution in [0.3, 0.4) is 0 Å². The molecule has 1 heterocycles. The van der Waals surface area contributed by atoms with Crippen molar-refractivity contribution < 1.29 is 4.79 Å². The number of thiocarbonyl (C=S) groups is 1. The molecule has 0 aliphatic carbocycles. The number of rotatable bonds is 9. The molecule has 1 atom stereocenters. The minimum Gasteiger partial charge on any atom is -0.362 e. The van der Waals surface area contributed by atoms with E-state index in [-0.39, 0.29) is 5.91 Å². The van der Waals surface area contributed by atoms with E-state index in [0.717, 1.165) is 37.8 Å². The minimum atomic E-state index is -0.0380. The zero-order valence-electron chi connectivity index (χ0n) is 17.0. The van der Waals surface area contributed by atoms with E-state index in [9.17, 15) is 4.79 Å². The molecule has 0 radical (unpaired) electrons. The first-order chi connectivity index (χ1) is 13.5. The summed E-state index contributed by atoms with van der Waals surface area (Å²) in [5.41, 5.74) is 0.659. The molecule has 5 nitrogen and oxygen atoms in total. The molecule has 1 aliphatic rings. The molecule has 0 bridgehead atoms. The lowest BCUT2D eigenvalue weighted by molar-refractivity contribution is -0.117. The minimum absolute atomic E-state index is 0.0380. The third kappa shape index (κ3) is 7.57. The van der Waals surface area contributed by atoms with E-state index in [1.54, 1.807) is 6.07 Å². The first kappa shape index (κ1) is 22.9. The van der Waals surface area contributed by atoms with Gasteiger partial charge in [0.2, 0.25) is 5.91 Å². The third-order valence-electron chi connectivity index (χ3n) is 5.26. The van der Waals surface area contributed by atoms with Crippen LogP contribution in [0.4, 0.5) is 5.69 Å². The van der Waals surface area contributed by atoms with Crippen molar-refractivity contribution in [1.29, 1.82) is 0 Å². The highest BCUT2D eigenvalue weighted by Gasteiger charge is 2.21. The summed E-state index contributed by atoms with van der Waals surface area (Å²) in [5.74, 6) is 0.650. The molecule has 2 rings (SSSR count). The van der Waals surface area contributed by atoms with Gasteiger partial charge < -0.3 is 15.5 Å². The van der Waals surface area contributed by atoms with Gasteiger partial charge in [-0.2, -0.15) is 0 Å². The Kier molecular flexibility index (Phi) is 10.0. The van der Waals surface area contributed by atoms with Crippen molar-refractivity contribution in [2.45, 2.75) is 39.5 Å². The van der Waals surface area contributed by atoms with Gasteiger partial charge in [-0.15, -0.1) is 0 Å². The smallest absolute Gasteiger partial charge is 0.238 e. The Morgan fingerprint density at radius 2 is 1.93 bits per heavy atom. The Bertz CT molecular complexity index is 635. The van der Waals surface area contributed by atoms with E-state index in [1.165, 1.54) is 25.7 Å². The van der Waals surface area contributed by atoms with Gasteiger partial charge in [-0.1, -0.05) is 56.8 Å². The summed E-state index contributed by atoms with van der Waals surface area (Å²) in [4.78, 5) is 16.6. The molecule has 7 heteroatoms. The Morgan fingerprint density at radius 1 is 1.21 bits per heavy atom. The second kappa shape index (κ2) is 12.2. The predicted octanol–water partition coefficient (Wildman–Crippen LogP) is 3.99. The quantitative estimate of drug-likeness (QED) is 0.587. The number of unbranched alkanes of at least 4 members (excludes halogenated alkanes) is 1. The molecule has 1 aromatic rings. The fourth-order valence-corrected chi connectivity index (χ4v) is 3.80. The summed E-state index contributed by atoms with van der Waals surface area (Å²) in [6.45, 7) is 9.14. The fraction of sp³-hybridized carbons (Fsp3) is 0.619. The van der Waals surface area contributed by atoms with Crippen LogP contribution in [0.15, 0.2) is 24.3 Å². The Labute approximate surface area is 179 Å². The van der Waals surface area contributed by atoms with E-state index in [4.69, 9.17) is 23.8 Å². The molecule has 1 amide bonds. The molecule has 0 aromatic heterocycles. The third-order valence-corrected chi connectivity index (χ3v) is 5.99. The number of carbonyl (C=O) groups excluding carboxylic acids is 1. The molecule has 28 heavy (non-hydrogen) atoms. The normalized spacial score (nSPS) is 15.9. The van der Waals surface area contributed by atoms with Crippen LogP contribution in [0.2, 0.25) is 5.02 Å². The lowest BCUT2D eigenvalue weighted by Crippen LogP contribution is -2.53. The second-order valence-corrected chi connectivity index (χ2v) is 8.19. The van der Waals surface area contributed by atoms with Crippen LogP contribution in [0.25, 0.3) is 0 Å². The molecule has 1 aliphatic heterocycles. The maximum absolute atomic E-state index is 12.3. The van der Waals surface area contributed by atoms with Gasteiger partial charge in [-0.3, -0.25) is 9.69 Å². The summed E-state index contributed by atoms with van der Waals surface area (Å²) >= 11 is 11.7. The Hall–Kier alpha value is -1.37. The van der Waals surface area contributed by atoms with Crippen LogP contribution in [-0.2, 0) is 4.79 Å². The van der Waals surface area contributed by atoms with Crippen LogP contribution in [0.5, 0.6) is 0 Å². The van der Waals surface area contributed by atoms with Crippen LogP contribution in [0, 0.1) is 5.92 Å². The summed E-state index contributed by atoms with van der Waals surface area (Å²) in [7, 11) is 0. The molecule has 0 spiro atoms. The van der Waals surface area contributed by atoms with Gasteiger partial charge in [-0.25, -0.2) is 0 Å². The number of benzene rings is 1. The second-order valence-electron chi connectivity index (χ2n) is 7.39. The number of anilines is 1. The van der Waals surface area contributed by atoms with Gasteiger partial charge in [0.25, 0.3) is 0 Å². The maximum Gasteiger partial charge on any atom is 0.238 e. The average Bonchev–Trinajstić information content (AvgIpc) is 2.70. The monoisotopic (exact) mass is 424 g/mol. The maximum atomic E-state index is 12.3. The molecule has 0 unspecified atom stereocenters. The Morgan fingerprint density at radius 3 is 2.57 bits per heavy atom. The predicted molar refractivity (Wildman–Crippen MR) is 122 cm³/mol. The fourth-order valence-electron chi connectivity index (χ4n) is 3.35. The van der Waals surface area contributed by atoms with Gasteiger partial charge in [0.1, 0.15) is 0 Å². The molecule has 2 N–H and O–H groups in total. The standard InChI is InChI=1S/C21H33ClN4OS/c1-3-5-8-17(4-2)15-23-21(28)26-13-11-25(12-14-26)16-20(27)24-19-10-7-6-9-18(19)22/h6-7,9-10,17H,3-5,8,11-16H2,1-2H3,(H,23,28)(H,24,27)/t17-/m1/s1. The van der Waals surface area contributed by atoms with Crippen molar-refractivity contribution in [2.24, 2.45) is 5.92 Å². The van der Waals surface area contributed by atoms with E-state index in [2.05, 4.69) is 34.3 Å². The SMILES string of the molecule is CCCC[C@@H](CC)CNC(=S)N1CCN(CC(=O)Nc2ccccc2Cl)CC1. The van der Waals surface area contributed by atoms with Crippen molar-refractivity contribution in [2.75, 3.05) is 44.6 Å². The molecule has 1 fully saturated rings. The van der Waals surface area contributed by atoms with Crippen molar-refractivity contribution in [3.63, 3.8) is 0 Å². The van der Waals surface area contributed by atoms with Crippen molar-refractivity contribution in [3.8, 4) is 0 Å². The number of nitrogens with one attached hydrogen (secondary N) is 2. The average molecular weight is 425 g/mol. The number of hydrogen-bond acceptors (Lipinski definition) is 3. The van der Waals surface area contributed by atoms with Crippen molar-refractivity contribution in [1.82, 2.24) is 15.1 Å².